The number of carboxylic acids is 1. The van der Waals surface area contributed by atoms with Crippen LogP contribution in [0.3, 0.4) is 0 Å². The molecule has 116 valence electrons. The van der Waals surface area contributed by atoms with Crippen LogP contribution in [0.25, 0.3) is 0 Å². The summed E-state index contributed by atoms with van der Waals surface area (Å²) in [6.07, 6.45) is 2.49. The molecule has 0 radical (unpaired) electrons. The Labute approximate surface area is 126 Å². The fourth-order valence-electron chi connectivity index (χ4n) is 3.31. The topological polar surface area (TPSA) is 55.8 Å². The van der Waals surface area contributed by atoms with Crippen LogP contribution in [0.1, 0.15) is 45.1 Å². The van der Waals surface area contributed by atoms with E-state index in [4.69, 9.17) is 9.47 Å². The summed E-state index contributed by atoms with van der Waals surface area (Å²) in [4.78, 5) is 11.4. The van der Waals surface area contributed by atoms with Crippen molar-refractivity contribution >= 4 is 5.97 Å². The van der Waals surface area contributed by atoms with Gasteiger partial charge in [0.15, 0.2) is 0 Å². The Hall–Kier alpha value is -1.55. The van der Waals surface area contributed by atoms with Crippen LogP contribution in [-0.2, 0) is 14.9 Å². The summed E-state index contributed by atoms with van der Waals surface area (Å²) in [6, 6.07) is 7.78. The van der Waals surface area contributed by atoms with Crippen molar-refractivity contribution in [2.75, 3.05) is 13.7 Å². The third-order valence-electron chi connectivity index (χ3n) is 4.68. The smallest absolute Gasteiger partial charge is 0.304 e. The summed E-state index contributed by atoms with van der Waals surface area (Å²) in [5, 5.41) is 9.37. The van der Waals surface area contributed by atoms with E-state index in [1.165, 1.54) is 0 Å². The maximum Gasteiger partial charge on any atom is 0.304 e. The van der Waals surface area contributed by atoms with Gasteiger partial charge >= 0.3 is 5.97 Å². The van der Waals surface area contributed by atoms with Crippen molar-refractivity contribution in [3.05, 3.63) is 29.8 Å². The Balaban J connectivity index is 2.38. The van der Waals surface area contributed by atoms with Crippen molar-refractivity contribution in [3.63, 3.8) is 0 Å². The van der Waals surface area contributed by atoms with E-state index in [1.54, 1.807) is 7.11 Å². The van der Waals surface area contributed by atoms with E-state index >= 15 is 0 Å². The normalized spacial score (nSPS) is 29.1. The maximum atomic E-state index is 11.4. The first-order valence-corrected chi connectivity index (χ1v) is 7.43. The van der Waals surface area contributed by atoms with Gasteiger partial charge in [0.25, 0.3) is 0 Å². The van der Waals surface area contributed by atoms with Gasteiger partial charge in [-0.25, -0.2) is 0 Å². The zero-order chi connectivity index (χ0) is 15.5. The van der Waals surface area contributed by atoms with Crippen LogP contribution in [-0.4, -0.2) is 30.4 Å². The molecular formula is C17H24O4. The number of hydrogen-bond donors (Lipinski definition) is 1. The predicted octanol–water partition coefficient (Wildman–Crippen LogP) is 3.39. The van der Waals surface area contributed by atoms with Gasteiger partial charge in [-0.15, -0.1) is 0 Å². The van der Waals surface area contributed by atoms with E-state index in [-0.39, 0.29) is 17.4 Å². The number of benzene rings is 1. The zero-order valence-corrected chi connectivity index (χ0v) is 13.0. The number of methoxy groups -OCH3 is 1. The summed E-state index contributed by atoms with van der Waals surface area (Å²) in [5.41, 5.74) is 0.447. The number of carboxylic acid groups (broad SMARTS) is 1. The number of ether oxygens (including phenoxy) is 2. The molecule has 4 heteroatoms. The Morgan fingerprint density at radius 2 is 2.05 bits per heavy atom. The van der Waals surface area contributed by atoms with Gasteiger partial charge in [-0.2, -0.15) is 0 Å². The summed E-state index contributed by atoms with van der Waals surface area (Å²) >= 11 is 0. The standard InChI is InChI=1S/C17H24O4/c1-4-16(2)12-17(9-10-21-16,11-15(18)19)13-5-7-14(20-3)8-6-13/h5-8H,4,9-12H2,1-3H3,(H,18,19)/t16-,17+/m1/s1. The van der Waals surface area contributed by atoms with Crippen LogP contribution in [0.5, 0.6) is 5.75 Å². The number of rotatable bonds is 5. The fourth-order valence-corrected chi connectivity index (χ4v) is 3.31. The van der Waals surface area contributed by atoms with E-state index in [2.05, 4.69) is 13.8 Å². The molecular weight excluding hydrogens is 268 g/mol. The molecule has 0 amide bonds. The van der Waals surface area contributed by atoms with E-state index in [9.17, 15) is 9.90 Å². The molecule has 1 saturated heterocycles. The minimum absolute atomic E-state index is 0.137. The van der Waals surface area contributed by atoms with Crippen molar-refractivity contribution in [1.82, 2.24) is 0 Å². The van der Waals surface area contributed by atoms with Gasteiger partial charge in [-0.3, -0.25) is 4.79 Å². The highest BCUT2D eigenvalue weighted by atomic mass is 16.5. The van der Waals surface area contributed by atoms with Crippen molar-refractivity contribution in [3.8, 4) is 5.75 Å². The van der Waals surface area contributed by atoms with Crippen LogP contribution in [0.15, 0.2) is 24.3 Å². The quantitative estimate of drug-likeness (QED) is 0.904. The van der Waals surface area contributed by atoms with Gasteiger partial charge in [-0.1, -0.05) is 19.1 Å². The molecule has 0 aromatic heterocycles. The highest BCUT2D eigenvalue weighted by Crippen LogP contribution is 2.45. The Morgan fingerprint density at radius 3 is 2.57 bits per heavy atom. The molecule has 0 spiro atoms. The highest BCUT2D eigenvalue weighted by molar-refractivity contribution is 5.69. The molecule has 2 rings (SSSR count). The van der Waals surface area contributed by atoms with Crippen LogP contribution in [0, 0.1) is 0 Å². The van der Waals surface area contributed by atoms with E-state index in [0.29, 0.717) is 6.61 Å². The van der Waals surface area contributed by atoms with Crippen LogP contribution in [0.2, 0.25) is 0 Å². The second-order valence-electron chi connectivity index (χ2n) is 6.16. The molecule has 1 aliphatic rings. The molecule has 0 unspecified atom stereocenters. The first kappa shape index (κ1) is 15.8. The van der Waals surface area contributed by atoms with E-state index in [1.807, 2.05) is 24.3 Å². The average molecular weight is 292 g/mol. The van der Waals surface area contributed by atoms with Crippen molar-refractivity contribution < 1.29 is 19.4 Å². The first-order valence-electron chi connectivity index (χ1n) is 7.43. The lowest BCUT2D eigenvalue weighted by Crippen LogP contribution is -2.46. The molecule has 1 N–H and O–H groups in total. The number of carbonyl (C=O) groups is 1. The van der Waals surface area contributed by atoms with Crippen molar-refractivity contribution in [2.45, 2.75) is 50.5 Å². The van der Waals surface area contributed by atoms with Gasteiger partial charge in [0.2, 0.25) is 0 Å². The molecule has 21 heavy (non-hydrogen) atoms. The molecule has 1 heterocycles. The van der Waals surface area contributed by atoms with Crippen LogP contribution >= 0.6 is 0 Å². The monoisotopic (exact) mass is 292 g/mol. The van der Waals surface area contributed by atoms with Gasteiger partial charge in [0, 0.05) is 12.0 Å². The fraction of sp³-hybridized carbons (Fsp3) is 0.588. The van der Waals surface area contributed by atoms with Gasteiger partial charge in [0.1, 0.15) is 5.75 Å². The van der Waals surface area contributed by atoms with E-state index in [0.717, 1.165) is 30.6 Å². The molecule has 4 nitrogen and oxygen atoms in total. The first-order chi connectivity index (χ1) is 9.93. The molecule has 1 aromatic rings. The lowest BCUT2D eigenvalue weighted by molar-refractivity contribution is -0.143. The Morgan fingerprint density at radius 1 is 1.38 bits per heavy atom. The summed E-state index contributed by atoms with van der Waals surface area (Å²) in [7, 11) is 1.63. The number of hydrogen-bond acceptors (Lipinski definition) is 3. The molecule has 1 fully saturated rings. The lowest BCUT2D eigenvalue weighted by Gasteiger charge is -2.46. The lowest BCUT2D eigenvalue weighted by atomic mass is 9.66. The molecule has 0 aliphatic carbocycles. The van der Waals surface area contributed by atoms with Crippen LogP contribution in [0.4, 0.5) is 0 Å². The van der Waals surface area contributed by atoms with Gasteiger partial charge in [-0.05, 0) is 43.9 Å². The SMILES string of the molecule is CC[C@]1(C)C[C@](CC(=O)O)(c2ccc(OC)cc2)CCO1. The van der Waals surface area contributed by atoms with Gasteiger partial charge < -0.3 is 14.6 Å². The third kappa shape index (κ3) is 3.38. The molecule has 0 bridgehead atoms. The highest BCUT2D eigenvalue weighted by Gasteiger charge is 2.44. The van der Waals surface area contributed by atoms with Gasteiger partial charge in [0.05, 0.1) is 19.1 Å². The number of aliphatic carboxylic acids is 1. The predicted molar refractivity (Wildman–Crippen MR) is 80.8 cm³/mol. The third-order valence-corrected chi connectivity index (χ3v) is 4.68. The van der Waals surface area contributed by atoms with E-state index < -0.39 is 5.97 Å². The zero-order valence-electron chi connectivity index (χ0n) is 13.0. The molecule has 1 aromatic carbocycles. The van der Waals surface area contributed by atoms with Crippen LogP contribution < -0.4 is 4.74 Å². The minimum Gasteiger partial charge on any atom is -0.497 e. The second kappa shape index (κ2) is 6.06. The minimum atomic E-state index is -0.758. The van der Waals surface area contributed by atoms with Crippen molar-refractivity contribution in [1.29, 1.82) is 0 Å². The molecule has 0 saturated carbocycles. The average Bonchev–Trinajstić information content (AvgIpc) is 2.47. The Bertz CT molecular complexity index is 496. The largest absolute Gasteiger partial charge is 0.497 e. The maximum absolute atomic E-state index is 11.4. The summed E-state index contributed by atoms with van der Waals surface area (Å²) < 4.78 is 11.1. The van der Waals surface area contributed by atoms with Crippen molar-refractivity contribution in [2.24, 2.45) is 0 Å². The molecule has 2 atom stereocenters. The molecule has 1 aliphatic heterocycles. The second-order valence-corrected chi connectivity index (χ2v) is 6.16. The summed E-state index contributed by atoms with van der Waals surface area (Å²) in [5.74, 6) is 0.0284. The Kier molecular flexibility index (Phi) is 4.57. The summed E-state index contributed by atoms with van der Waals surface area (Å²) in [6.45, 7) is 4.76.